The molecule has 0 bridgehead atoms. The van der Waals surface area contributed by atoms with Crippen LogP contribution in [0.3, 0.4) is 0 Å². The van der Waals surface area contributed by atoms with Gasteiger partial charge in [-0.3, -0.25) is 0 Å². The van der Waals surface area contributed by atoms with E-state index in [0.29, 0.717) is 5.41 Å². The fourth-order valence-corrected chi connectivity index (χ4v) is 1.00. The molecule has 0 radical (unpaired) electrons. The maximum absolute atomic E-state index is 2.32. The number of rotatable bonds is 1. The van der Waals surface area contributed by atoms with Crippen LogP contribution in [0.4, 0.5) is 0 Å². The Hall–Kier alpha value is 0.0649. The zero-order chi connectivity index (χ0) is 7.65. The van der Waals surface area contributed by atoms with Gasteiger partial charge in [-0.2, -0.15) is 0 Å². The lowest BCUT2D eigenvalue weighted by Gasteiger charge is -2.30. The molecule has 0 aliphatic heterocycles. The zero-order valence-electron chi connectivity index (χ0n) is 7.65. The fourth-order valence-electron chi connectivity index (χ4n) is 1.00. The first-order chi connectivity index (χ1) is 3.85. The van der Waals surface area contributed by atoms with Gasteiger partial charge < -0.3 is 0 Å². The van der Waals surface area contributed by atoms with Crippen molar-refractivity contribution in [1.82, 2.24) is 0 Å². The van der Waals surface area contributed by atoms with Crippen molar-refractivity contribution in [2.45, 2.75) is 40.4 Å². The summed E-state index contributed by atoms with van der Waals surface area (Å²) in [5.41, 5.74) is 0.480. The van der Waals surface area contributed by atoms with Crippen molar-refractivity contribution in [2.75, 3.05) is 0 Å². The molecule has 0 amide bonds. The van der Waals surface area contributed by atoms with E-state index in [4.69, 9.17) is 0 Å². The molecule has 0 fully saturated rings. The summed E-state index contributed by atoms with van der Waals surface area (Å²) in [7, 11) is 2.32. The van der Waals surface area contributed by atoms with E-state index in [0.717, 1.165) is 11.7 Å². The van der Waals surface area contributed by atoms with Crippen LogP contribution in [0.25, 0.3) is 0 Å². The average molecular weight is 126 g/mol. The van der Waals surface area contributed by atoms with Crippen LogP contribution in [0.15, 0.2) is 0 Å². The summed E-state index contributed by atoms with van der Waals surface area (Å²) >= 11 is 0. The van der Waals surface area contributed by atoms with Gasteiger partial charge in [0.1, 0.15) is 7.85 Å². The van der Waals surface area contributed by atoms with Crippen molar-refractivity contribution in [2.24, 2.45) is 11.3 Å². The van der Waals surface area contributed by atoms with Gasteiger partial charge in [0.05, 0.1) is 0 Å². The molecule has 0 rings (SSSR count). The maximum Gasteiger partial charge on any atom is 0.106 e. The molecule has 1 unspecified atom stereocenters. The molecule has 0 saturated heterocycles. The Morgan fingerprint density at radius 3 is 1.44 bits per heavy atom. The molecule has 0 nitrogen and oxygen atoms in total. The van der Waals surface area contributed by atoms with Crippen molar-refractivity contribution in [3.63, 3.8) is 0 Å². The molecular weight excluding hydrogens is 107 g/mol. The van der Waals surface area contributed by atoms with Crippen LogP contribution in [-0.4, -0.2) is 7.85 Å². The Balaban J connectivity index is 3.88. The SMILES string of the molecule is BC(C(C)C)C(C)(C)C. The third kappa shape index (κ3) is 2.93. The lowest BCUT2D eigenvalue weighted by atomic mass is 9.63. The van der Waals surface area contributed by atoms with E-state index in [1.807, 2.05) is 0 Å². The second-order valence-corrected chi connectivity index (χ2v) is 4.40. The summed E-state index contributed by atoms with van der Waals surface area (Å²) in [4.78, 5) is 0. The standard InChI is InChI=1S/C8H19B/c1-6(2)7(9)8(3,4)5/h6-7H,9H2,1-5H3. The first-order valence-electron chi connectivity index (χ1n) is 3.85. The van der Waals surface area contributed by atoms with Crippen molar-refractivity contribution in [3.8, 4) is 0 Å². The van der Waals surface area contributed by atoms with Crippen LogP contribution in [0.5, 0.6) is 0 Å². The van der Waals surface area contributed by atoms with Crippen molar-refractivity contribution in [3.05, 3.63) is 0 Å². The molecule has 0 aromatic heterocycles. The van der Waals surface area contributed by atoms with E-state index in [1.54, 1.807) is 0 Å². The molecule has 0 aromatic rings. The highest BCUT2D eigenvalue weighted by molar-refractivity contribution is 6.12. The molecule has 54 valence electrons. The highest BCUT2D eigenvalue weighted by atomic mass is 14.2. The van der Waals surface area contributed by atoms with Crippen LogP contribution in [-0.2, 0) is 0 Å². The molecule has 1 atom stereocenters. The van der Waals surface area contributed by atoms with E-state index < -0.39 is 0 Å². The van der Waals surface area contributed by atoms with Crippen LogP contribution in [0.2, 0.25) is 5.82 Å². The molecule has 0 saturated carbocycles. The first-order valence-corrected chi connectivity index (χ1v) is 3.85. The molecule has 9 heavy (non-hydrogen) atoms. The average Bonchev–Trinajstić information content (AvgIpc) is 1.62. The predicted molar refractivity (Wildman–Crippen MR) is 46.6 cm³/mol. The Bertz CT molecular complexity index is 79.1. The van der Waals surface area contributed by atoms with E-state index in [2.05, 4.69) is 42.5 Å². The van der Waals surface area contributed by atoms with Gasteiger partial charge in [-0.05, 0) is 5.41 Å². The zero-order valence-corrected chi connectivity index (χ0v) is 7.65. The topological polar surface area (TPSA) is 0 Å². The second-order valence-electron chi connectivity index (χ2n) is 4.40. The minimum absolute atomic E-state index is 0.480. The largest absolute Gasteiger partial charge is 0.106 e. The molecule has 0 aliphatic rings. The van der Waals surface area contributed by atoms with Crippen molar-refractivity contribution in [1.29, 1.82) is 0 Å². The number of hydrogen-bond acceptors (Lipinski definition) is 0. The Kier molecular flexibility index (Phi) is 2.79. The highest BCUT2D eigenvalue weighted by Gasteiger charge is 2.21. The van der Waals surface area contributed by atoms with Gasteiger partial charge in [-0.25, -0.2) is 0 Å². The van der Waals surface area contributed by atoms with Crippen molar-refractivity contribution < 1.29 is 0 Å². The first kappa shape index (κ1) is 9.06. The van der Waals surface area contributed by atoms with E-state index >= 15 is 0 Å². The fraction of sp³-hybridized carbons (Fsp3) is 1.00. The van der Waals surface area contributed by atoms with Gasteiger partial charge >= 0.3 is 0 Å². The van der Waals surface area contributed by atoms with Gasteiger partial charge in [0.2, 0.25) is 0 Å². The van der Waals surface area contributed by atoms with Gasteiger partial charge in [0.25, 0.3) is 0 Å². The van der Waals surface area contributed by atoms with Crippen LogP contribution < -0.4 is 0 Å². The molecule has 0 heterocycles. The summed E-state index contributed by atoms with van der Waals surface area (Å²) in [5.74, 6) is 1.63. The van der Waals surface area contributed by atoms with E-state index in [9.17, 15) is 0 Å². The third-order valence-corrected chi connectivity index (χ3v) is 2.37. The maximum atomic E-state index is 2.32. The van der Waals surface area contributed by atoms with Crippen LogP contribution in [0.1, 0.15) is 34.6 Å². The summed E-state index contributed by atoms with van der Waals surface area (Å²) < 4.78 is 0. The molecule has 0 aromatic carbocycles. The minimum atomic E-state index is 0.480. The van der Waals surface area contributed by atoms with Crippen molar-refractivity contribution >= 4 is 7.85 Å². The molecule has 0 N–H and O–H groups in total. The second kappa shape index (κ2) is 2.77. The predicted octanol–water partition coefficient (Wildman–Crippen LogP) is 2.11. The lowest BCUT2D eigenvalue weighted by Crippen LogP contribution is -2.19. The Labute approximate surface area is 60.4 Å². The number of hydrogen-bond donors (Lipinski definition) is 0. The third-order valence-electron chi connectivity index (χ3n) is 2.37. The highest BCUT2D eigenvalue weighted by Crippen LogP contribution is 2.34. The minimum Gasteiger partial charge on any atom is -0.0632 e. The molecule has 0 aliphatic carbocycles. The molecule has 1 heteroatoms. The summed E-state index contributed by atoms with van der Waals surface area (Å²) in [6.07, 6.45) is 0. The smallest absolute Gasteiger partial charge is 0.0632 e. The quantitative estimate of drug-likeness (QED) is 0.472. The molecule has 0 spiro atoms. The van der Waals surface area contributed by atoms with E-state index in [-0.39, 0.29) is 0 Å². The Morgan fingerprint density at radius 1 is 1.11 bits per heavy atom. The lowest BCUT2D eigenvalue weighted by molar-refractivity contribution is 0.321. The van der Waals surface area contributed by atoms with Crippen LogP contribution in [0, 0.1) is 11.3 Å². The monoisotopic (exact) mass is 126 g/mol. The van der Waals surface area contributed by atoms with Gasteiger partial charge in [-0.1, -0.05) is 46.4 Å². The summed E-state index contributed by atoms with van der Waals surface area (Å²) in [5, 5.41) is 0. The normalized spacial score (nSPS) is 16.2. The van der Waals surface area contributed by atoms with Crippen LogP contribution >= 0.6 is 0 Å². The Morgan fingerprint density at radius 2 is 1.44 bits per heavy atom. The van der Waals surface area contributed by atoms with Gasteiger partial charge in [0.15, 0.2) is 0 Å². The van der Waals surface area contributed by atoms with E-state index in [1.165, 1.54) is 0 Å². The summed E-state index contributed by atoms with van der Waals surface area (Å²) in [6.45, 7) is 11.5. The van der Waals surface area contributed by atoms with Gasteiger partial charge in [0, 0.05) is 0 Å². The summed E-state index contributed by atoms with van der Waals surface area (Å²) in [6, 6.07) is 0. The van der Waals surface area contributed by atoms with Gasteiger partial charge in [-0.15, -0.1) is 0 Å². The molecular formula is C8H19B.